The molecule has 2 saturated heterocycles. The number of hydrogen-bond acceptors (Lipinski definition) is 4. The van der Waals surface area contributed by atoms with Crippen molar-refractivity contribution in [2.75, 3.05) is 26.2 Å². The fourth-order valence-electron chi connectivity index (χ4n) is 3.04. The van der Waals surface area contributed by atoms with Crippen LogP contribution in [0.5, 0.6) is 0 Å². The molecule has 2 fully saturated rings. The molecule has 4 amide bonds. The SMILES string of the molecule is C[C@@H](NC(=O)CN1CCN2C(=O)NC(=O)[C@@H]2C1)c1ccc(Br)cc1. The van der Waals surface area contributed by atoms with E-state index in [9.17, 15) is 14.4 Å². The van der Waals surface area contributed by atoms with E-state index >= 15 is 0 Å². The number of nitrogens with one attached hydrogen (secondary N) is 2. The van der Waals surface area contributed by atoms with Crippen molar-refractivity contribution in [3.05, 3.63) is 34.3 Å². The fourth-order valence-corrected chi connectivity index (χ4v) is 3.30. The van der Waals surface area contributed by atoms with Crippen LogP contribution in [0, 0.1) is 0 Å². The minimum absolute atomic E-state index is 0.0939. The van der Waals surface area contributed by atoms with Crippen molar-refractivity contribution in [3.8, 4) is 0 Å². The first-order chi connectivity index (χ1) is 11.4. The van der Waals surface area contributed by atoms with Gasteiger partial charge in [-0.3, -0.25) is 19.8 Å². The van der Waals surface area contributed by atoms with Crippen LogP contribution in [0.15, 0.2) is 28.7 Å². The summed E-state index contributed by atoms with van der Waals surface area (Å²) in [5, 5.41) is 5.27. The number of rotatable bonds is 4. The molecule has 128 valence electrons. The zero-order valence-corrected chi connectivity index (χ0v) is 14.9. The molecule has 3 rings (SSSR count). The molecule has 1 aromatic rings. The maximum absolute atomic E-state index is 12.3. The predicted octanol–water partition coefficient (Wildman–Crippen LogP) is 0.862. The predicted molar refractivity (Wildman–Crippen MR) is 91.2 cm³/mol. The van der Waals surface area contributed by atoms with Crippen LogP contribution < -0.4 is 10.6 Å². The Morgan fingerprint density at radius 2 is 2.04 bits per heavy atom. The number of urea groups is 1. The van der Waals surface area contributed by atoms with Gasteiger partial charge in [-0.05, 0) is 24.6 Å². The van der Waals surface area contributed by atoms with Crippen LogP contribution in [0.25, 0.3) is 0 Å². The number of nitrogens with zero attached hydrogens (tertiary/aromatic N) is 2. The van der Waals surface area contributed by atoms with Gasteiger partial charge in [0.05, 0.1) is 12.6 Å². The molecule has 7 nitrogen and oxygen atoms in total. The highest BCUT2D eigenvalue weighted by molar-refractivity contribution is 9.10. The summed E-state index contributed by atoms with van der Waals surface area (Å²) in [7, 11) is 0. The summed E-state index contributed by atoms with van der Waals surface area (Å²) in [5.74, 6) is -0.378. The maximum atomic E-state index is 12.3. The molecule has 2 aliphatic rings. The molecule has 1 aromatic carbocycles. The molecule has 0 aromatic heterocycles. The third kappa shape index (κ3) is 3.59. The largest absolute Gasteiger partial charge is 0.348 e. The Balaban J connectivity index is 1.53. The van der Waals surface area contributed by atoms with E-state index < -0.39 is 6.04 Å². The lowest BCUT2D eigenvalue weighted by atomic mass is 10.1. The molecule has 2 atom stereocenters. The summed E-state index contributed by atoms with van der Waals surface area (Å²) in [6, 6.07) is 6.88. The number of benzene rings is 1. The number of halogens is 1. The Hall–Kier alpha value is -1.93. The first-order valence-electron chi connectivity index (χ1n) is 7.82. The van der Waals surface area contributed by atoms with Crippen LogP contribution in [0.3, 0.4) is 0 Å². The van der Waals surface area contributed by atoms with E-state index in [0.717, 1.165) is 10.0 Å². The Labute approximate surface area is 148 Å². The van der Waals surface area contributed by atoms with E-state index in [1.165, 1.54) is 4.90 Å². The van der Waals surface area contributed by atoms with E-state index in [1.807, 2.05) is 36.1 Å². The first-order valence-corrected chi connectivity index (χ1v) is 8.62. The van der Waals surface area contributed by atoms with Crippen LogP contribution >= 0.6 is 15.9 Å². The van der Waals surface area contributed by atoms with Crippen LogP contribution in [0.2, 0.25) is 0 Å². The van der Waals surface area contributed by atoms with Gasteiger partial charge in [0.2, 0.25) is 5.91 Å². The molecule has 0 bridgehead atoms. The third-order valence-corrected chi connectivity index (χ3v) is 4.90. The van der Waals surface area contributed by atoms with Crippen LogP contribution in [-0.2, 0) is 9.59 Å². The number of piperazine rings is 1. The second-order valence-electron chi connectivity index (χ2n) is 6.08. The third-order valence-electron chi connectivity index (χ3n) is 4.37. The lowest BCUT2D eigenvalue weighted by Crippen LogP contribution is -2.55. The highest BCUT2D eigenvalue weighted by atomic mass is 79.9. The van der Waals surface area contributed by atoms with Gasteiger partial charge in [0, 0.05) is 24.1 Å². The summed E-state index contributed by atoms with van der Waals surface area (Å²) >= 11 is 3.39. The summed E-state index contributed by atoms with van der Waals surface area (Å²) in [4.78, 5) is 39.0. The van der Waals surface area contributed by atoms with Crippen LogP contribution in [0.1, 0.15) is 18.5 Å². The van der Waals surface area contributed by atoms with E-state index in [-0.39, 0.29) is 30.4 Å². The second-order valence-corrected chi connectivity index (χ2v) is 7.00. The number of carbonyl (C=O) groups is 3. The molecule has 2 aliphatic heterocycles. The molecule has 0 saturated carbocycles. The van der Waals surface area contributed by atoms with E-state index in [0.29, 0.717) is 19.6 Å². The van der Waals surface area contributed by atoms with Crippen molar-refractivity contribution >= 4 is 33.8 Å². The van der Waals surface area contributed by atoms with Crippen molar-refractivity contribution in [1.29, 1.82) is 0 Å². The molecular formula is C16H19BrN4O3. The Morgan fingerprint density at radius 3 is 2.75 bits per heavy atom. The number of fused-ring (bicyclic) bond motifs is 1. The Kier molecular flexibility index (Phi) is 4.86. The Bertz CT molecular complexity index is 664. The van der Waals surface area contributed by atoms with Crippen LogP contribution in [0.4, 0.5) is 4.79 Å². The highest BCUT2D eigenvalue weighted by Crippen LogP contribution is 2.17. The number of imide groups is 1. The number of carbonyl (C=O) groups excluding carboxylic acids is 3. The van der Waals surface area contributed by atoms with Crippen molar-refractivity contribution < 1.29 is 14.4 Å². The second kappa shape index (κ2) is 6.90. The molecule has 0 spiro atoms. The first kappa shape index (κ1) is 16.9. The topological polar surface area (TPSA) is 81.8 Å². The summed E-state index contributed by atoms with van der Waals surface area (Å²) in [5.41, 5.74) is 1.03. The molecule has 2 N–H and O–H groups in total. The minimum Gasteiger partial charge on any atom is -0.348 e. The van der Waals surface area contributed by atoms with Crippen molar-refractivity contribution in [2.24, 2.45) is 0 Å². The summed E-state index contributed by atoms with van der Waals surface area (Å²) in [6.07, 6.45) is 0. The molecular weight excluding hydrogens is 376 g/mol. The van der Waals surface area contributed by atoms with Gasteiger partial charge in [-0.1, -0.05) is 28.1 Å². The van der Waals surface area contributed by atoms with Gasteiger partial charge < -0.3 is 10.2 Å². The monoisotopic (exact) mass is 394 g/mol. The number of hydrogen-bond donors (Lipinski definition) is 2. The van der Waals surface area contributed by atoms with E-state index in [1.54, 1.807) is 0 Å². The van der Waals surface area contributed by atoms with Gasteiger partial charge in [0.15, 0.2) is 0 Å². The molecule has 2 heterocycles. The molecule has 0 aliphatic carbocycles. The van der Waals surface area contributed by atoms with E-state index in [2.05, 4.69) is 26.6 Å². The van der Waals surface area contributed by atoms with Crippen molar-refractivity contribution in [1.82, 2.24) is 20.4 Å². The maximum Gasteiger partial charge on any atom is 0.324 e. The van der Waals surface area contributed by atoms with Gasteiger partial charge in [-0.25, -0.2) is 4.79 Å². The fraction of sp³-hybridized carbons (Fsp3) is 0.438. The minimum atomic E-state index is -0.483. The molecule has 0 radical (unpaired) electrons. The average Bonchev–Trinajstić information content (AvgIpc) is 2.82. The normalized spacial score (nSPS) is 22.1. The summed E-state index contributed by atoms with van der Waals surface area (Å²) in [6.45, 7) is 3.57. The summed E-state index contributed by atoms with van der Waals surface area (Å²) < 4.78 is 0.993. The zero-order valence-electron chi connectivity index (χ0n) is 13.3. The van der Waals surface area contributed by atoms with Gasteiger partial charge in [-0.2, -0.15) is 0 Å². The smallest absolute Gasteiger partial charge is 0.324 e. The Morgan fingerprint density at radius 1 is 1.33 bits per heavy atom. The lowest BCUT2D eigenvalue weighted by molar-refractivity contribution is -0.126. The van der Waals surface area contributed by atoms with E-state index in [4.69, 9.17) is 0 Å². The van der Waals surface area contributed by atoms with Crippen molar-refractivity contribution in [3.63, 3.8) is 0 Å². The standard InChI is InChI=1S/C16H19BrN4O3/c1-10(11-2-4-12(17)5-3-11)18-14(22)9-20-6-7-21-13(8-20)15(23)19-16(21)24/h2-5,10,13H,6-9H2,1H3,(H,18,22)(H,19,23,24)/t10-,13+/m1/s1. The molecule has 0 unspecified atom stereocenters. The van der Waals surface area contributed by atoms with Gasteiger partial charge in [-0.15, -0.1) is 0 Å². The number of amides is 4. The molecule has 24 heavy (non-hydrogen) atoms. The van der Waals surface area contributed by atoms with Gasteiger partial charge in [0.25, 0.3) is 5.91 Å². The van der Waals surface area contributed by atoms with Gasteiger partial charge in [0.1, 0.15) is 6.04 Å². The average molecular weight is 395 g/mol. The zero-order chi connectivity index (χ0) is 17.3. The van der Waals surface area contributed by atoms with Crippen molar-refractivity contribution in [2.45, 2.75) is 19.0 Å². The lowest BCUT2D eigenvalue weighted by Gasteiger charge is -2.35. The van der Waals surface area contributed by atoms with Gasteiger partial charge >= 0.3 is 6.03 Å². The molecule has 8 heteroatoms. The quantitative estimate of drug-likeness (QED) is 0.742. The van der Waals surface area contributed by atoms with Crippen LogP contribution in [-0.4, -0.2) is 59.9 Å². The highest BCUT2D eigenvalue weighted by Gasteiger charge is 2.42.